The van der Waals surface area contributed by atoms with Gasteiger partial charge in [-0.05, 0) is 26.0 Å². The first-order chi connectivity index (χ1) is 8.98. The maximum atomic E-state index is 12.6. The molecule has 19 heavy (non-hydrogen) atoms. The van der Waals surface area contributed by atoms with Gasteiger partial charge < -0.3 is 24.6 Å². The molecule has 0 aromatic heterocycles. The van der Waals surface area contributed by atoms with Crippen molar-refractivity contribution in [2.45, 2.75) is 19.6 Å². The number of rotatable bonds is 7. The van der Waals surface area contributed by atoms with Crippen molar-refractivity contribution in [2.75, 3.05) is 20.3 Å². The van der Waals surface area contributed by atoms with Crippen LogP contribution in [0, 0.1) is 0 Å². The Balaban J connectivity index is 3.16. The summed E-state index contributed by atoms with van der Waals surface area (Å²) in [5.41, 5.74) is 6.46. The number of hydrogen-bond donors (Lipinski definition) is 2. The second kappa shape index (κ2) is 6.91. The Kier molecular flexibility index (Phi) is 5.82. The number of phenolic OH excluding ortho intramolecular Hbond substituents is 1. The second-order valence-corrected chi connectivity index (χ2v) is 5.90. The topological polar surface area (TPSA) is 91.0 Å². The minimum absolute atomic E-state index is 0.0375. The van der Waals surface area contributed by atoms with Crippen LogP contribution in [0.4, 0.5) is 0 Å². The molecular formula is C12H20NO5P. The van der Waals surface area contributed by atoms with Crippen molar-refractivity contribution in [3.63, 3.8) is 0 Å². The predicted molar refractivity (Wildman–Crippen MR) is 72.4 cm³/mol. The molecule has 0 aliphatic carbocycles. The Bertz CT molecular complexity index is 455. The lowest BCUT2D eigenvalue weighted by Crippen LogP contribution is -2.15. The Hall–Kier alpha value is -1.07. The zero-order valence-corrected chi connectivity index (χ0v) is 12.2. The van der Waals surface area contributed by atoms with Gasteiger partial charge in [-0.1, -0.05) is 0 Å². The molecule has 1 aromatic carbocycles. The number of benzene rings is 1. The van der Waals surface area contributed by atoms with E-state index in [0.29, 0.717) is 11.3 Å². The summed E-state index contributed by atoms with van der Waals surface area (Å²) >= 11 is 0. The standard InChI is InChI=1S/C12H20NO5P/c1-4-17-19(15,18-5-2)12(13)10-7-6-9(14)8-11(10)16-3/h6-8,12,14H,4-5,13H2,1-3H3/t12-/m0/s1. The highest BCUT2D eigenvalue weighted by molar-refractivity contribution is 7.54. The van der Waals surface area contributed by atoms with E-state index in [9.17, 15) is 9.67 Å². The molecule has 7 heteroatoms. The van der Waals surface area contributed by atoms with Crippen molar-refractivity contribution in [2.24, 2.45) is 5.73 Å². The summed E-state index contributed by atoms with van der Waals surface area (Å²) < 4.78 is 28.1. The lowest BCUT2D eigenvalue weighted by Gasteiger charge is -2.24. The van der Waals surface area contributed by atoms with Crippen molar-refractivity contribution in [1.82, 2.24) is 0 Å². The van der Waals surface area contributed by atoms with E-state index in [0.717, 1.165) is 0 Å². The van der Waals surface area contributed by atoms with Gasteiger partial charge in [-0.15, -0.1) is 0 Å². The van der Waals surface area contributed by atoms with Crippen LogP contribution in [-0.4, -0.2) is 25.4 Å². The van der Waals surface area contributed by atoms with Crippen LogP contribution in [0.15, 0.2) is 18.2 Å². The molecule has 0 unspecified atom stereocenters. The molecule has 0 radical (unpaired) electrons. The molecule has 0 heterocycles. The number of methoxy groups -OCH3 is 1. The summed E-state index contributed by atoms with van der Waals surface area (Å²) in [7, 11) is -2.03. The van der Waals surface area contributed by atoms with Crippen LogP contribution in [0.2, 0.25) is 0 Å². The molecule has 0 amide bonds. The number of ether oxygens (including phenoxy) is 1. The van der Waals surface area contributed by atoms with Crippen molar-refractivity contribution < 1.29 is 23.5 Å². The Morgan fingerprint density at radius 2 is 1.89 bits per heavy atom. The van der Waals surface area contributed by atoms with E-state index in [2.05, 4.69) is 0 Å². The molecule has 6 nitrogen and oxygen atoms in total. The fourth-order valence-electron chi connectivity index (χ4n) is 1.67. The Morgan fingerprint density at radius 3 is 2.37 bits per heavy atom. The van der Waals surface area contributed by atoms with Gasteiger partial charge in [0.05, 0.1) is 20.3 Å². The number of aromatic hydroxyl groups is 1. The minimum Gasteiger partial charge on any atom is -0.508 e. The van der Waals surface area contributed by atoms with Crippen LogP contribution >= 0.6 is 7.60 Å². The zero-order chi connectivity index (χ0) is 14.5. The van der Waals surface area contributed by atoms with Gasteiger partial charge in [0.25, 0.3) is 0 Å². The molecule has 0 aliphatic rings. The summed E-state index contributed by atoms with van der Waals surface area (Å²) in [6.07, 6.45) is 0. The quantitative estimate of drug-likeness (QED) is 0.750. The smallest absolute Gasteiger partial charge is 0.351 e. The molecule has 0 saturated heterocycles. The fourth-order valence-corrected chi connectivity index (χ4v) is 3.34. The first-order valence-electron chi connectivity index (χ1n) is 5.99. The molecule has 0 saturated carbocycles. The van der Waals surface area contributed by atoms with Crippen LogP contribution in [0.3, 0.4) is 0 Å². The van der Waals surface area contributed by atoms with E-state index in [4.69, 9.17) is 19.5 Å². The molecule has 3 N–H and O–H groups in total. The normalized spacial score (nSPS) is 13.3. The number of hydrogen-bond acceptors (Lipinski definition) is 6. The maximum absolute atomic E-state index is 12.6. The highest BCUT2D eigenvalue weighted by atomic mass is 31.2. The van der Waals surface area contributed by atoms with Crippen LogP contribution in [0.5, 0.6) is 11.5 Å². The molecule has 0 fully saturated rings. The number of nitrogens with two attached hydrogens (primary N) is 1. The molecule has 0 aliphatic heterocycles. The van der Waals surface area contributed by atoms with Gasteiger partial charge >= 0.3 is 7.60 Å². The molecule has 1 rings (SSSR count). The summed E-state index contributed by atoms with van der Waals surface area (Å²) in [5.74, 6) is -0.592. The number of phenols is 1. The monoisotopic (exact) mass is 289 g/mol. The summed E-state index contributed by atoms with van der Waals surface area (Å²) in [6, 6.07) is 4.39. The first kappa shape index (κ1) is 16.0. The third kappa shape index (κ3) is 3.70. The van der Waals surface area contributed by atoms with Crippen molar-refractivity contribution in [1.29, 1.82) is 0 Å². The minimum atomic E-state index is -3.47. The van der Waals surface area contributed by atoms with Gasteiger partial charge in [-0.2, -0.15) is 0 Å². The van der Waals surface area contributed by atoms with E-state index in [1.54, 1.807) is 19.9 Å². The van der Waals surface area contributed by atoms with Crippen molar-refractivity contribution in [3.8, 4) is 11.5 Å². The van der Waals surface area contributed by atoms with Crippen LogP contribution < -0.4 is 10.5 Å². The average Bonchev–Trinajstić information content (AvgIpc) is 2.38. The van der Waals surface area contributed by atoms with E-state index in [-0.39, 0.29) is 19.0 Å². The first-order valence-corrected chi connectivity index (χ1v) is 7.61. The van der Waals surface area contributed by atoms with Gasteiger partial charge in [-0.25, -0.2) is 0 Å². The van der Waals surface area contributed by atoms with E-state index in [1.165, 1.54) is 19.2 Å². The van der Waals surface area contributed by atoms with Crippen LogP contribution in [0.25, 0.3) is 0 Å². The molecule has 1 aromatic rings. The van der Waals surface area contributed by atoms with E-state index in [1.807, 2.05) is 0 Å². The van der Waals surface area contributed by atoms with Gasteiger partial charge in [0.1, 0.15) is 17.3 Å². The van der Waals surface area contributed by atoms with Crippen molar-refractivity contribution in [3.05, 3.63) is 23.8 Å². The average molecular weight is 289 g/mol. The molecule has 108 valence electrons. The van der Waals surface area contributed by atoms with Gasteiger partial charge in [0.2, 0.25) is 0 Å². The molecule has 0 spiro atoms. The third-order valence-corrected chi connectivity index (χ3v) is 4.69. The van der Waals surface area contributed by atoms with Crippen LogP contribution in [-0.2, 0) is 13.6 Å². The van der Waals surface area contributed by atoms with Gasteiger partial charge in [0, 0.05) is 11.6 Å². The highest BCUT2D eigenvalue weighted by Gasteiger charge is 2.35. The Morgan fingerprint density at radius 1 is 1.32 bits per heavy atom. The molecular weight excluding hydrogens is 269 g/mol. The largest absolute Gasteiger partial charge is 0.508 e. The highest BCUT2D eigenvalue weighted by Crippen LogP contribution is 2.59. The lowest BCUT2D eigenvalue weighted by molar-refractivity contribution is 0.212. The van der Waals surface area contributed by atoms with Gasteiger partial charge in [-0.3, -0.25) is 4.57 Å². The summed E-state index contributed by atoms with van der Waals surface area (Å²) in [6.45, 7) is 3.88. The summed E-state index contributed by atoms with van der Waals surface area (Å²) in [5, 5.41) is 9.41. The SMILES string of the molecule is CCOP(=O)(OCC)[C@H](N)c1ccc(O)cc1OC. The van der Waals surface area contributed by atoms with Crippen LogP contribution in [0.1, 0.15) is 25.2 Å². The Labute approximate surface area is 113 Å². The van der Waals surface area contributed by atoms with E-state index >= 15 is 0 Å². The zero-order valence-electron chi connectivity index (χ0n) is 11.3. The van der Waals surface area contributed by atoms with Gasteiger partial charge in [0.15, 0.2) is 0 Å². The second-order valence-electron chi connectivity index (χ2n) is 3.75. The third-order valence-electron chi connectivity index (χ3n) is 2.49. The molecule has 0 bridgehead atoms. The van der Waals surface area contributed by atoms with Crippen molar-refractivity contribution >= 4 is 7.60 Å². The summed E-state index contributed by atoms with van der Waals surface area (Å²) in [4.78, 5) is 0. The van der Waals surface area contributed by atoms with E-state index < -0.39 is 13.4 Å². The molecule has 1 atom stereocenters. The predicted octanol–water partition coefficient (Wildman–Crippen LogP) is 2.62. The maximum Gasteiger partial charge on any atom is 0.351 e. The lowest BCUT2D eigenvalue weighted by atomic mass is 10.2. The fraction of sp³-hybridized carbons (Fsp3) is 0.500.